The van der Waals surface area contributed by atoms with Gasteiger partial charge in [0.25, 0.3) is 5.91 Å². The average Bonchev–Trinajstić information content (AvgIpc) is 2.74. The van der Waals surface area contributed by atoms with Crippen molar-refractivity contribution in [1.29, 1.82) is 0 Å². The largest absolute Gasteiger partial charge is 0.348 e. The van der Waals surface area contributed by atoms with Crippen LogP contribution in [-0.2, 0) is 0 Å². The van der Waals surface area contributed by atoms with E-state index in [1.165, 1.54) is 5.57 Å². The number of aryl methyl sites for hydroxylation is 1. The van der Waals surface area contributed by atoms with Crippen LogP contribution in [-0.4, -0.2) is 25.5 Å². The third kappa shape index (κ3) is 2.71. The van der Waals surface area contributed by atoms with Crippen LogP contribution in [0.5, 0.6) is 0 Å². The molecule has 0 fully saturated rings. The van der Waals surface area contributed by atoms with Crippen LogP contribution in [0.2, 0.25) is 0 Å². The Morgan fingerprint density at radius 3 is 3.06 bits per heavy atom. The first-order chi connectivity index (χ1) is 7.77. The first-order valence-electron chi connectivity index (χ1n) is 5.47. The molecule has 0 saturated carbocycles. The topological polar surface area (TPSA) is 41.1 Å². The number of nitrogens with one attached hydrogen (secondary N) is 2. The van der Waals surface area contributed by atoms with Gasteiger partial charge >= 0.3 is 0 Å². The van der Waals surface area contributed by atoms with Crippen LogP contribution < -0.4 is 10.6 Å². The van der Waals surface area contributed by atoms with Gasteiger partial charge < -0.3 is 10.6 Å². The third-order valence-corrected chi connectivity index (χ3v) is 3.60. The van der Waals surface area contributed by atoms with Crippen LogP contribution in [0.4, 0.5) is 0 Å². The molecule has 0 saturated heterocycles. The molecule has 0 unspecified atom stereocenters. The van der Waals surface area contributed by atoms with E-state index in [4.69, 9.17) is 0 Å². The number of rotatable bonds is 3. The van der Waals surface area contributed by atoms with E-state index in [0.29, 0.717) is 6.54 Å². The highest BCUT2D eigenvalue weighted by Crippen LogP contribution is 2.13. The van der Waals surface area contributed by atoms with Crippen molar-refractivity contribution in [2.45, 2.75) is 13.3 Å². The van der Waals surface area contributed by atoms with Gasteiger partial charge in [-0.2, -0.15) is 11.3 Å². The Labute approximate surface area is 99.6 Å². The first-order valence-corrected chi connectivity index (χ1v) is 6.41. The lowest BCUT2D eigenvalue weighted by atomic mass is 10.1. The molecule has 0 aliphatic carbocycles. The highest BCUT2D eigenvalue weighted by atomic mass is 32.1. The van der Waals surface area contributed by atoms with Crippen molar-refractivity contribution in [2.75, 3.05) is 19.6 Å². The molecule has 86 valence electrons. The smallest absolute Gasteiger partial charge is 0.252 e. The Balaban J connectivity index is 1.89. The van der Waals surface area contributed by atoms with Gasteiger partial charge in [-0.05, 0) is 30.8 Å². The number of hydrogen-bond donors (Lipinski definition) is 2. The first kappa shape index (κ1) is 11.4. The highest BCUT2D eigenvalue weighted by Gasteiger charge is 2.10. The highest BCUT2D eigenvalue weighted by molar-refractivity contribution is 7.08. The Kier molecular flexibility index (Phi) is 3.74. The van der Waals surface area contributed by atoms with Crippen LogP contribution in [0.1, 0.15) is 22.3 Å². The lowest BCUT2D eigenvalue weighted by molar-refractivity contribution is 0.0956. The molecule has 0 spiro atoms. The van der Waals surface area contributed by atoms with E-state index in [9.17, 15) is 4.79 Å². The zero-order chi connectivity index (χ0) is 11.4. The molecule has 16 heavy (non-hydrogen) atoms. The Bertz CT molecular complexity index is 409. The zero-order valence-corrected chi connectivity index (χ0v) is 10.2. The summed E-state index contributed by atoms with van der Waals surface area (Å²) < 4.78 is 0. The van der Waals surface area contributed by atoms with Crippen molar-refractivity contribution >= 4 is 17.2 Å². The number of amides is 1. The molecule has 1 aromatic rings. The summed E-state index contributed by atoms with van der Waals surface area (Å²) in [7, 11) is 0. The Hall–Kier alpha value is -1.13. The van der Waals surface area contributed by atoms with E-state index in [2.05, 4.69) is 16.7 Å². The van der Waals surface area contributed by atoms with Gasteiger partial charge in [0.05, 0.1) is 5.56 Å². The molecule has 2 N–H and O–H groups in total. The van der Waals surface area contributed by atoms with Crippen molar-refractivity contribution < 1.29 is 4.79 Å². The predicted octanol–water partition coefficient (Wildman–Crippen LogP) is 1.71. The molecular formula is C12H16N2OS. The van der Waals surface area contributed by atoms with Crippen molar-refractivity contribution in [1.82, 2.24) is 10.6 Å². The van der Waals surface area contributed by atoms with Gasteiger partial charge in [0.1, 0.15) is 0 Å². The summed E-state index contributed by atoms with van der Waals surface area (Å²) in [6, 6.07) is 0. The second-order valence-electron chi connectivity index (χ2n) is 3.97. The van der Waals surface area contributed by atoms with Crippen molar-refractivity contribution in [3.05, 3.63) is 33.5 Å². The second-order valence-corrected chi connectivity index (χ2v) is 4.71. The fourth-order valence-corrected chi connectivity index (χ4v) is 2.54. The quantitative estimate of drug-likeness (QED) is 0.784. The van der Waals surface area contributed by atoms with Crippen LogP contribution in [0, 0.1) is 6.92 Å². The molecule has 0 aromatic carbocycles. The average molecular weight is 236 g/mol. The maximum absolute atomic E-state index is 11.8. The third-order valence-electron chi connectivity index (χ3n) is 2.73. The number of hydrogen-bond acceptors (Lipinski definition) is 3. The maximum atomic E-state index is 11.8. The summed E-state index contributed by atoms with van der Waals surface area (Å²) in [6.45, 7) is 4.58. The summed E-state index contributed by atoms with van der Waals surface area (Å²) >= 11 is 1.57. The van der Waals surface area contributed by atoms with Crippen LogP contribution in [0.25, 0.3) is 0 Å². The minimum Gasteiger partial charge on any atom is -0.348 e. The SMILES string of the molecule is Cc1cscc1C(=O)NCC1=CCNCC1. The van der Waals surface area contributed by atoms with Crippen LogP contribution in [0.3, 0.4) is 0 Å². The van der Waals surface area contributed by atoms with Gasteiger partial charge in [0.2, 0.25) is 0 Å². The molecule has 1 amide bonds. The Morgan fingerprint density at radius 1 is 1.56 bits per heavy atom. The standard InChI is InChI=1S/C12H16N2OS/c1-9-7-16-8-11(9)12(15)14-6-10-2-4-13-5-3-10/h2,7-8,13H,3-6H2,1H3,(H,14,15). The van der Waals surface area contributed by atoms with E-state index < -0.39 is 0 Å². The molecule has 1 aliphatic rings. The van der Waals surface area contributed by atoms with E-state index in [1.807, 2.05) is 17.7 Å². The summed E-state index contributed by atoms with van der Waals surface area (Å²) in [5, 5.41) is 10.1. The van der Waals surface area contributed by atoms with E-state index in [1.54, 1.807) is 11.3 Å². The van der Waals surface area contributed by atoms with Gasteiger partial charge in [0.15, 0.2) is 0 Å². The molecule has 4 heteroatoms. The second kappa shape index (κ2) is 5.27. The van der Waals surface area contributed by atoms with Crippen LogP contribution >= 0.6 is 11.3 Å². The van der Waals surface area contributed by atoms with Crippen molar-refractivity contribution in [3.8, 4) is 0 Å². The number of carbonyl (C=O) groups is 1. The Morgan fingerprint density at radius 2 is 2.44 bits per heavy atom. The fourth-order valence-electron chi connectivity index (χ4n) is 1.71. The van der Waals surface area contributed by atoms with E-state index in [-0.39, 0.29) is 5.91 Å². The summed E-state index contributed by atoms with van der Waals surface area (Å²) in [5.41, 5.74) is 3.18. The van der Waals surface area contributed by atoms with Crippen molar-refractivity contribution in [3.63, 3.8) is 0 Å². The summed E-state index contributed by atoms with van der Waals surface area (Å²) in [5.74, 6) is 0.0400. The van der Waals surface area contributed by atoms with Gasteiger partial charge in [-0.25, -0.2) is 0 Å². The van der Waals surface area contributed by atoms with E-state index in [0.717, 1.165) is 30.6 Å². The molecule has 1 aromatic heterocycles. The van der Waals surface area contributed by atoms with Gasteiger partial charge in [0, 0.05) is 18.5 Å². The minimum atomic E-state index is 0.0400. The molecular weight excluding hydrogens is 220 g/mol. The molecule has 1 aliphatic heterocycles. The van der Waals surface area contributed by atoms with Crippen LogP contribution in [0.15, 0.2) is 22.4 Å². The maximum Gasteiger partial charge on any atom is 0.252 e. The molecule has 2 heterocycles. The molecule has 0 bridgehead atoms. The monoisotopic (exact) mass is 236 g/mol. The van der Waals surface area contributed by atoms with Gasteiger partial charge in [-0.1, -0.05) is 11.6 Å². The lowest BCUT2D eigenvalue weighted by Crippen LogP contribution is -2.29. The van der Waals surface area contributed by atoms with Gasteiger partial charge in [-0.3, -0.25) is 4.79 Å². The molecule has 0 radical (unpaired) electrons. The van der Waals surface area contributed by atoms with Crippen molar-refractivity contribution in [2.24, 2.45) is 0 Å². The molecule has 3 nitrogen and oxygen atoms in total. The fraction of sp³-hybridized carbons (Fsp3) is 0.417. The predicted molar refractivity (Wildman–Crippen MR) is 67.0 cm³/mol. The zero-order valence-electron chi connectivity index (χ0n) is 9.38. The summed E-state index contributed by atoms with van der Waals surface area (Å²) in [6.07, 6.45) is 3.19. The molecule has 2 rings (SSSR count). The van der Waals surface area contributed by atoms with Gasteiger partial charge in [-0.15, -0.1) is 0 Å². The van der Waals surface area contributed by atoms with E-state index >= 15 is 0 Å². The number of carbonyl (C=O) groups excluding carboxylic acids is 1. The normalized spacial score (nSPS) is 15.7. The minimum absolute atomic E-state index is 0.0400. The lowest BCUT2D eigenvalue weighted by Gasteiger charge is -2.14. The number of thiophene rings is 1. The molecule has 0 atom stereocenters. The summed E-state index contributed by atoms with van der Waals surface area (Å²) in [4.78, 5) is 11.8.